The van der Waals surface area contributed by atoms with Crippen LogP contribution >= 0.6 is 0 Å². The van der Waals surface area contributed by atoms with Crippen molar-refractivity contribution in [1.29, 1.82) is 5.26 Å². The Hall–Kier alpha value is -16.0. The Morgan fingerprint density at radius 2 is 0.402 bits per heavy atom. The first-order valence-corrected chi connectivity index (χ1v) is 39.9. The summed E-state index contributed by atoms with van der Waals surface area (Å²) in [5.74, 6) is 0. The highest BCUT2D eigenvalue weighted by atomic mass is 15.2. The second-order valence-electron chi connectivity index (χ2n) is 30.8. The van der Waals surface area contributed by atoms with Crippen LogP contribution in [0.2, 0.25) is 0 Å². The average Bonchev–Trinajstić information content (AvgIpc) is 1.55. The highest BCUT2D eigenvalue weighted by molar-refractivity contribution is 6.21. The number of rotatable bonds is 10. The van der Waals surface area contributed by atoms with E-state index in [-0.39, 0.29) is 0 Å². The average molecular weight is 1490 g/mol. The Labute approximate surface area is 669 Å². The Bertz CT molecular complexity index is 7900. The summed E-state index contributed by atoms with van der Waals surface area (Å²) >= 11 is 0. The van der Waals surface area contributed by atoms with Crippen LogP contribution < -0.4 is 0 Å². The van der Waals surface area contributed by atoms with Gasteiger partial charge in [-0.2, -0.15) is 5.26 Å². The third-order valence-electron chi connectivity index (χ3n) is 24.8. The van der Waals surface area contributed by atoms with Crippen LogP contribution in [0.5, 0.6) is 0 Å². The fourth-order valence-corrected chi connectivity index (χ4v) is 19.9. The number of nitriles is 1. The smallest absolute Gasteiger partial charge is 0.101 e. The molecule has 117 heavy (non-hydrogen) atoms. The van der Waals surface area contributed by atoms with Crippen LogP contribution in [0.3, 0.4) is 0 Å². The molecule has 0 N–H and O–H groups in total. The lowest BCUT2D eigenvalue weighted by molar-refractivity contribution is 0.999. The summed E-state index contributed by atoms with van der Waals surface area (Å²) in [6, 6.07) is 146. The first-order valence-electron chi connectivity index (χ1n) is 39.9. The van der Waals surface area contributed by atoms with Crippen LogP contribution in [0.25, 0.3) is 226 Å². The number of hydrogen-bond donors (Lipinski definition) is 0. The van der Waals surface area contributed by atoms with Gasteiger partial charge in [-0.1, -0.05) is 243 Å². The van der Waals surface area contributed by atoms with Gasteiger partial charge >= 0.3 is 0 Å². The number of fused-ring (bicyclic) bond motifs is 21. The Morgan fingerprint density at radius 1 is 0.188 bits per heavy atom. The lowest BCUT2D eigenvalue weighted by Gasteiger charge is -2.31. The van der Waals surface area contributed by atoms with Crippen LogP contribution in [-0.2, 0) is 0 Å². The molecule has 0 atom stereocenters. The van der Waals surface area contributed by atoms with Crippen molar-refractivity contribution < 1.29 is 0 Å². The van der Waals surface area contributed by atoms with Crippen molar-refractivity contribution in [2.45, 2.75) is 0 Å². The van der Waals surface area contributed by atoms with E-state index in [0.717, 1.165) is 199 Å². The lowest BCUT2D eigenvalue weighted by atomic mass is 9.97. The summed E-state index contributed by atoms with van der Waals surface area (Å²) in [6.45, 7) is 0. The quantitative estimate of drug-likeness (QED) is 0.137. The normalized spacial score (nSPS) is 12.1. The molecule has 25 rings (SSSR count). The molecule has 9 nitrogen and oxygen atoms in total. The molecule has 0 aliphatic rings. The van der Waals surface area contributed by atoms with E-state index in [1.54, 1.807) is 6.20 Å². The molecule has 0 spiro atoms. The first-order chi connectivity index (χ1) is 58.1. The summed E-state index contributed by atoms with van der Waals surface area (Å²) < 4.78 is 17.7. The standard InChI is InChI=1S/C108H65N9/c109-65-67-51-56-88(110-66-67)103-104(113-91-43-19-7-31-74(91)75-32-8-20-44-92(75)113)106(115-95-47-23-11-35-78(95)79-36-12-24-48-96(79)115)108(107(116-97-49-25-13-37-80(97)81-38-14-26-50-98(81)116)105(103)114-93-45-21-9-33-76(93)77-34-10-22-46-94(77)114)117-101-59-54-70(68-52-57-99-84(61-68)82-39-15-17-41-89(82)111(99)72-27-3-1-4-28-72)63-86(101)87-64-71(55-60-102(87)117)69-53-58-100-85(62-69)83-40-16-18-42-90(83)112(100)73-29-5-2-6-30-73/h1-64,66H. The lowest BCUT2D eigenvalue weighted by Crippen LogP contribution is -2.18. The van der Waals surface area contributed by atoms with Gasteiger partial charge in [0.25, 0.3) is 0 Å². The summed E-state index contributed by atoms with van der Waals surface area (Å²) in [5, 5.41) is 26.7. The van der Waals surface area contributed by atoms with E-state index in [4.69, 9.17) is 4.98 Å². The van der Waals surface area contributed by atoms with Gasteiger partial charge in [0.1, 0.15) is 6.07 Å². The van der Waals surface area contributed by atoms with Gasteiger partial charge in [-0.05, 0) is 168 Å². The van der Waals surface area contributed by atoms with E-state index >= 15 is 0 Å². The molecular formula is C108H65N9. The molecule has 0 bridgehead atoms. The van der Waals surface area contributed by atoms with Gasteiger partial charge in [0.2, 0.25) is 0 Å². The van der Waals surface area contributed by atoms with Gasteiger partial charge in [0.15, 0.2) is 0 Å². The Kier molecular flexibility index (Phi) is 13.8. The number of benzene rings is 17. The largest absolute Gasteiger partial charge is 0.309 e. The van der Waals surface area contributed by atoms with Gasteiger partial charge in [-0.3, -0.25) is 4.98 Å². The van der Waals surface area contributed by atoms with E-state index < -0.39 is 0 Å². The number of hydrogen-bond acceptors (Lipinski definition) is 2. The van der Waals surface area contributed by atoms with Gasteiger partial charge in [-0.15, -0.1) is 0 Å². The first kappa shape index (κ1) is 64.6. The van der Waals surface area contributed by atoms with Crippen molar-refractivity contribution in [2.24, 2.45) is 0 Å². The van der Waals surface area contributed by atoms with Gasteiger partial charge in [0, 0.05) is 93.0 Å². The fourth-order valence-electron chi connectivity index (χ4n) is 19.9. The minimum absolute atomic E-state index is 0.458. The van der Waals surface area contributed by atoms with Gasteiger partial charge < -0.3 is 32.0 Å². The molecular weight excluding hydrogens is 1420 g/mol. The molecule has 0 saturated heterocycles. The van der Waals surface area contributed by atoms with Crippen molar-refractivity contribution in [1.82, 2.24) is 37.0 Å². The molecule has 0 unspecified atom stereocenters. The third kappa shape index (κ3) is 9.26. The predicted molar refractivity (Wildman–Crippen MR) is 486 cm³/mol. The topological polar surface area (TPSA) is 71.2 Å². The molecule has 0 amide bonds. The SMILES string of the molecule is N#Cc1ccc(-c2c(-n3c4ccccc4c4ccccc43)c(-n3c4ccccc4c4ccccc43)c(-n3c4ccc(-c5ccc6c(c5)c5ccccc5n6-c5ccccc5)cc4c4cc(-c5ccc6c(c5)c5ccccc5n6-c5ccccc5)ccc43)c(-n3c4ccccc4c4ccccc43)c2-n2c3ccccc3c3ccccc32)nc1. The zero-order valence-electron chi connectivity index (χ0n) is 63.1. The second-order valence-corrected chi connectivity index (χ2v) is 30.8. The molecule has 0 radical (unpaired) electrons. The second kappa shape index (κ2) is 25.0. The number of nitrogens with zero attached hydrogens (tertiary/aromatic N) is 9. The highest BCUT2D eigenvalue weighted by Crippen LogP contribution is 2.55. The maximum atomic E-state index is 10.9. The van der Waals surface area contributed by atoms with Gasteiger partial charge in [-0.25, -0.2) is 0 Å². The molecule has 9 heteroatoms. The monoisotopic (exact) mass is 1490 g/mol. The Balaban J connectivity index is 0.925. The van der Waals surface area contributed by atoms with Crippen LogP contribution in [0.1, 0.15) is 5.56 Å². The van der Waals surface area contributed by atoms with E-state index in [1.165, 1.54) is 21.5 Å². The third-order valence-corrected chi connectivity index (χ3v) is 24.8. The van der Waals surface area contributed by atoms with Crippen LogP contribution in [0, 0.1) is 11.3 Å². The van der Waals surface area contributed by atoms with E-state index in [2.05, 4.69) is 420 Å². The maximum absolute atomic E-state index is 10.9. The van der Waals surface area contributed by atoms with E-state index in [0.29, 0.717) is 11.3 Å². The van der Waals surface area contributed by atoms with E-state index in [9.17, 15) is 5.26 Å². The minimum Gasteiger partial charge on any atom is -0.309 e. The van der Waals surface area contributed by atoms with Crippen LogP contribution in [0.15, 0.2) is 394 Å². The molecule has 0 saturated carbocycles. The van der Waals surface area contributed by atoms with Crippen LogP contribution in [-0.4, -0.2) is 37.0 Å². The Morgan fingerprint density at radius 3 is 0.667 bits per heavy atom. The number of pyridine rings is 1. The fraction of sp³-hybridized carbons (Fsp3) is 0. The summed E-state index contributed by atoms with van der Waals surface area (Å²) in [5.41, 5.74) is 27.9. The molecule has 8 heterocycles. The van der Waals surface area contributed by atoms with Crippen molar-refractivity contribution in [2.75, 3.05) is 0 Å². The summed E-state index contributed by atoms with van der Waals surface area (Å²) in [7, 11) is 0. The van der Waals surface area contributed by atoms with Crippen molar-refractivity contribution in [3.8, 4) is 79.4 Å². The van der Waals surface area contributed by atoms with Crippen LogP contribution in [0.4, 0.5) is 0 Å². The van der Waals surface area contributed by atoms with E-state index in [1.807, 2.05) is 6.07 Å². The molecule has 17 aromatic carbocycles. The summed E-state index contributed by atoms with van der Waals surface area (Å²) in [6.07, 6.45) is 1.76. The molecule has 0 aliphatic heterocycles. The zero-order valence-corrected chi connectivity index (χ0v) is 63.1. The molecule has 25 aromatic rings. The van der Waals surface area contributed by atoms with Gasteiger partial charge in [0.05, 0.1) is 122 Å². The summed E-state index contributed by atoms with van der Waals surface area (Å²) in [4.78, 5) is 5.67. The maximum Gasteiger partial charge on any atom is 0.101 e. The van der Waals surface area contributed by atoms with Crippen molar-refractivity contribution >= 4 is 153 Å². The van der Waals surface area contributed by atoms with Crippen molar-refractivity contribution in [3.05, 3.63) is 400 Å². The number of para-hydroxylation sites is 12. The zero-order chi connectivity index (χ0) is 76.7. The van der Waals surface area contributed by atoms with Crippen molar-refractivity contribution in [3.63, 3.8) is 0 Å². The molecule has 542 valence electrons. The highest BCUT2D eigenvalue weighted by Gasteiger charge is 2.38. The predicted octanol–water partition coefficient (Wildman–Crippen LogP) is 27.6. The molecule has 0 aliphatic carbocycles. The molecule has 0 fully saturated rings. The number of aromatic nitrogens is 8. The molecule has 8 aromatic heterocycles. The minimum atomic E-state index is 0.458.